The minimum atomic E-state index is -0.895. The fourth-order valence-electron chi connectivity index (χ4n) is 2.57. The Morgan fingerprint density at radius 1 is 1.15 bits per heavy atom. The van der Waals surface area contributed by atoms with Crippen LogP contribution in [0.15, 0.2) is 48.5 Å². The van der Waals surface area contributed by atoms with E-state index < -0.39 is 24.0 Å². The summed E-state index contributed by atoms with van der Waals surface area (Å²) in [4.78, 5) is 24.4. The minimum absolute atomic E-state index is 0.204. The molecule has 0 fully saturated rings. The number of hydrogen-bond donors (Lipinski definition) is 2. The van der Waals surface area contributed by atoms with Gasteiger partial charge in [-0.05, 0) is 23.3 Å². The van der Waals surface area contributed by atoms with Crippen LogP contribution in [0.5, 0.6) is 5.75 Å². The van der Waals surface area contributed by atoms with Crippen LogP contribution in [-0.4, -0.2) is 32.1 Å². The molecule has 0 saturated heterocycles. The fraction of sp³-hybridized carbons (Fsp3) is 0.263. The Balaban J connectivity index is 2.13. The highest BCUT2D eigenvalue weighted by atomic mass is 35.5. The minimum Gasteiger partial charge on any atom is -0.495 e. The smallest absolute Gasteiger partial charge is 0.254 e. The molecule has 2 aromatic rings. The third-order valence-corrected chi connectivity index (χ3v) is 4.19. The van der Waals surface area contributed by atoms with Crippen LogP contribution in [0.2, 0.25) is 5.02 Å². The Hall–Kier alpha value is -2.57. The number of nitrogens with one attached hydrogen (secondary N) is 1. The van der Waals surface area contributed by atoms with Crippen molar-refractivity contribution in [2.45, 2.75) is 18.6 Å². The molecule has 0 spiro atoms. The fourth-order valence-corrected chi connectivity index (χ4v) is 2.85. The van der Waals surface area contributed by atoms with Gasteiger partial charge < -0.3 is 20.5 Å². The number of methoxy groups -OCH3 is 2. The Morgan fingerprint density at radius 2 is 1.85 bits per heavy atom. The average Bonchev–Trinajstić information content (AvgIpc) is 2.63. The number of rotatable bonds is 8. The van der Waals surface area contributed by atoms with Crippen molar-refractivity contribution in [1.29, 1.82) is 0 Å². The number of halogens is 1. The molecule has 2 aromatic carbocycles. The lowest BCUT2D eigenvalue weighted by atomic mass is 10.0. The first kappa shape index (κ1) is 19.8. The van der Waals surface area contributed by atoms with Gasteiger partial charge in [-0.25, -0.2) is 0 Å². The van der Waals surface area contributed by atoms with Gasteiger partial charge >= 0.3 is 0 Å². The first-order valence-electron chi connectivity index (χ1n) is 7.96. The largest absolute Gasteiger partial charge is 0.495 e. The number of amides is 2. The molecule has 2 rings (SSSR count). The number of hydrogen-bond acceptors (Lipinski definition) is 4. The van der Waals surface area contributed by atoms with Gasteiger partial charge in [0.15, 0.2) is 6.10 Å². The number of primary amides is 1. The lowest BCUT2D eigenvalue weighted by Crippen LogP contribution is -2.47. The van der Waals surface area contributed by atoms with E-state index in [1.807, 2.05) is 6.07 Å². The summed E-state index contributed by atoms with van der Waals surface area (Å²) in [6, 6.07) is 13.2. The van der Waals surface area contributed by atoms with Crippen molar-refractivity contribution in [3.05, 3.63) is 64.7 Å². The maximum absolute atomic E-state index is 12.6. The van der Waals surface area contributed by atoms with Crippen LogP contribution in [0.3, 0.4) is 0 Å². The number of carbonyl (C=O) groups excluding carboxylic acids is 2. The highest BCUT2D eigenvalue weighted by molar-refractivity contribution is 6.32. The molecule has 138 valence electrons. The molecule has 0 saturated carbocycles. The lowest BCUT2D eigenvalue weighted by molar-refractivity contribution is -0.134. The molecule has 0 aliphatic rings. The van der Waals surface area contributed by atoms with Crippen LogP contribution < -0.4 is 15.8 Å². The summed E-state index contributed by atoms with van der Waals surface area (Å²) < 4.78 is 10.4. The SMILES string of the molecule is COc1ccc(C[C@H](NC(=O)[C@H](OC)c2ccccc2)C(N)=O)cc1Cl. The van der Waals surface area contributed by atoms with Crippen molar-refractivity contribution in [3.8, 4) is 5.75 Å². The third-order valence-electron chi connectivity index (χ3n) is 3.89. The van der Waals surface area contributed by atoms with Crippen molar-refractivity contribution >= 4 is 23.4 Å². The molecule has 7 heteroatoms. The summed E-state index contributed by atoms with van der Waals surface area (Å²) in [6.45, 7) is 0. The standard InChI is InChI=1S/C19H21ClN2O4/c1-25-16-9-8-12(10-14(16)20)11-15(18(21)23)22-19(24)17(26-2)13-6-4-3-5-7-13/h3-10,15,17H,11H2,1-2H3,(H2,21,23)(H,22,24)/t15-,17+/m0/s1. The number of benzene rings is 2. The van der Waals surface area contributed by atoms with Gasteiger partial charge in [0.05, 0.1) is 12.1 Å². The van der Waals surface area contributed by atoms with E-state index in [9.17, 15) is 9.59 Å². The zero-order valence-electron chi connectivity index (χ0n) is 14.6. The topological polar surface area (TPSA) is 90.7 Å². The van der Waals surface area contributed by atoms with Crippen molar-refractivity contribution < 1.29 is 19.1 Å². The molecule has 0 aliphatic carbocycles. The number of ether oxygens (including phenoxy) is 2. The summed E-state index contributed by atoms with van der Waals surface area (Å²) in [5, 5.41) is 3.07. The Morgan fingerprint density at radius 3 is 2.38 bits per heavy atom. The molecule has 3 N–H and O–H groups in total. The zero-order valence-corrected chi connectivity index (χ0v) is 15.3. The van der Waals surface area contributed by atoms with Gasteiger partial charge in [-0.15, -0.1) is 0 Å². The number of nitrogens with two attached hydrogens (primary N) is 1. The zero-order chi connectivity index (χ0) is 19.1. The highest BCUT2D eigenvalue weighted by Gasteiger charge is 2.25. The van der Waals surface area contributed by atoms with E-state index in [1.54, 1.807) is 42.5 Å². The lowest BCUT2D eigenvalue weighted by Gasteiger charge is -2.20. The van der Waals surface area contributed by atoms with Gasteiger partial charge in [0, 0.05) is 13.5 Å². The number of carbonyl (C=O) groups is 2. The second-order valence-corrected chi connectivity index (χ2v) is 6.07. The van der Waals surface area contributed by atoms with Gasteiger partial charge in [-0.1, -0.05) is 48.0 Å². The molecule has 0 radical (unpaired) electrons. The molecular formula is C19H21ClN2O4. The normalized spacial score (nSPS) is 12.9. The van der Waals surface area contributed by atoms with E-state index in [0.717, 1.165) is 5.56 Å². The quantitative estimate of drug-likeness (QED) is 0.739. The van der Waals surface area contributed by atoms with Gasteiger partial charge in [-0.3, -0.25) is 9.59 Å². The molecule has 6 nitrogen and oxygen atoms in total. The maximum atomic E-state index is 12.6. The predicted octanol–water partition coefficient (Wildman–Crippen LogP) is 2.25. The van der Waals surface area contributed by atoms with Crippen LogP contribution >= 0.6 is 11.6 Å². The molecule has 0 aromatic heterocycles. The van der Waals surface area contributed by atoms with Crippen LogP contribution in [0.4, 0.5) is 0 Å². The molecule has 26 heavy (non-hydrogen) atoms. The summed E-state index contributed by atoms with van der Waals surface area (Å²) in [6.07, 6.45) is -0.631. The average molecular weight is 377 g/mol. The monoisotopic (exact) mass is 376 g/mol. The summed E-state index contributed by atoms with van der Waals surface area (Å²) >= 11 is 6.10. The van der Waals surface area contributed by atoms with Crippen molar-refractivity contribution in [3.63, 3.8) is 0 Å². The third kappa shape index (κ3) is 4.97. The predicted molar refractivity (Wildman–Crippen MR) is 99.0 cm³/mol. The molecule has 0 aliphatic heterocycles. The van der Waals surface area contributed by atoms with Gasteiger partial charge in [-0.2, -0.15) is 0 Å². The van der Waals surface area contributed by atoms with Crippen molar-refractivity contribution in [2.75, 3.05) is 14.2 Å². The van der Waals surface area contributed by atoms with E-state index in [-0.39, 0.29) is 6.42 Å². The van der Waals surface area contributed by atoms with E-state index in [2.05, 4.69) is 5.32 Å². The van der Waals surface area contributed by atoms with Gasteiger partial charge in [0.2, 0.25) is 5.91 Å². The van der Waals surface area contributed by atoms with Crippen LogP contribution in [0, 0.1) is 0 Å². The first-order chi connectivity index (χ1) is 12.5. The highest BCUT2D eigenvalue weighted by Crippen LogP contribution is 2.25. The Labute approximate surface area is 157 Å². The van der Waals surface area contributed by atoms with Crippen LogP contribution in [0.25, 0.3) is 0 Å². The summed E-state index contributed by atoms with van der Waals surface area (Å²) in [5.41, 5.74) is 6.88. The maximum Gasteiger partial charge on any atom is 0.254 e. The second kappa shape index (κ2) is 9.22. The van der Waals surface area contributed by atoms with Crippen molar-refractivity contribution in [2.24, 2.45) is 5.73 Å². The van der Waals surface area contributed by atoms with Gasteiger partial charge in [0.1, 0.15) is 11.8 Å². The van der Waals surface area contributed by atoms with E-state index in [1.165, 1.54) is 14.2 Å². The van der Waals surface area contributed by atoms with E-state index >= 15 is 0 Å². The first-order valence-corrected chi connectivity index (χ1v) is 8.34. The Bertz CT molecular complexity index is 767. The second-order valence-electron chi connectivity index (χ2n) is 5.66. The van der Waals surface area contributed by atoms with E-state index in [0.29, 0.717) is 16.3 Å². The van der Waals surface area contributed by atoms with Gasteiger partial charge in [0.25, 0.3) is 5.91 Å². The van der Waals surface area contributed by atoms with Crippen molar-refractivity contribution in [1.82, 2.24) is 5.32 Å². The molecular weight excluding hydrogens is 356 g/mol. The van der Waals surface area contributed by atoms with Crippen LogP contribution in [-0.2, 0) is 20.7 Å². The van der Waals surface area contributed by atoms with E-state index in [4.69, 9.17) is 26.8 Å². The molecule has 2 amide bonds. The van der Waals surface area contributed by atoms with Crippen LogP contribution in [0.1, 0.15) is 17.2 Å². The molecule has 2 atom stereocenters. The summed E-state index contributed by atoms with van der Waals surface area (Å²) in [7, 11) is 2.95. The molecule has 0 bridgehead atoms. The Kier molecular flexibility index (Phi) is 7.00. The molecule has 0 heterocycles. The summed E-state index contributed by atoms with van der Waals surface area (Å²) in [5.74, 6) is -0.561. The molecule has 0 unspecified atom stereocenters.